The van der Waals surface area contributed by atoms with Gasteiger partial charge in [0.2, 0.25) is 0 Å². The zero-order valence-corrected chi connectivity index (χ0v) is 9.46. The molecule has 1 heterocycles. The Morgan fingerprint density at radius 1 is 1.06 bits per heavy atom. The number of carbonyl (C=O) groups is 1. The van der Waals surface area contributed by atoms with Crippen LogP contribution in [0, 0.1) is 0 Å². The molecule has 18 heavy (non-hydrogen) atoms. The Kier molecular flexibility index (Phi) is 2.38. The van der Waals surface area contributed by atoms with Gasteiger partial charge in [-0.3, -0.25) is 0 Å². The first-order valence-corrected chi connectivity index (χ1v) is 5.55. The van der Waals surface area contributed by atoms with Gasteiger partial charge in [0.25, 0.3) is 0 Å². The monoisotopic (exact) mass is 238 g/mol. The van der Waals surface area contributed by atoms with Gasteiger partial charge in [-0.25, -0.2) is 4.79 Å². The highest BCUT2D eigenvalue weighted by atomic mass is 16.4. The van der Waals surface area contributed by atoms with Gasteiger partial charge in [0, 0.05) is 5.39 Å². The number of fused-ring (bicyclic) bond motifs is 1. The van der Waals surface area contributed by atoms with Crippen molar-refractivity contribution in [3.8, 4) is 11.1 Å². The standard InChI is InChI=1S/C15H10O3/c16-15(17)11-4-1-3-10(9-11)12-5-2-6-14-13(12)7-8-18-14/h1-9H,(H,16,17). The average molecular weight is 238 g/mol. The van der Waals surface area contributed by atoms with E-state index < -0.39 is 5.97 Å². The van der Waals surface area contributed by atoms with Gasteiger partial charge in [-0.2, -0.15) is 0 Å². The van der Waals surface area contributed by atoms with Gasteiger partial charge in [0.1, 0.15) is 5.58 Å². The molecule has 1 N–H and O–H groups in total. The van der Waals surface area contributed by atoms with Crippen molar-refractivity contribution in [1.82, 2.24) is 0 Å². The lowest BCUT2D eigenvalue weighted by Gasteiger charge is -2.04. The van der Waals surface area contributed by atoms with E-state index in [0.29, 0.717) is 0 Å². The van der Waals surface area contributed by atoms with Crippen LogP contribution in [0.1, 0.15) is 10.4 Å². The smallest absolute Gasteiger partial charge is 0.335 e. The Labute approximate surface area is 103 Å². The van der Waals surface area contributed by atoms with Crippen LogP contribution >= 0.6 is 0 Å². The maximum Gasteiger partial charge on any atom is 0.335 e. The summed E-state index contributed by atoms with van der Waals surface area (Å²) in [6.45, 7) is 0. The molecule has 0 aliphatic rings. The molecule has 3 heteroatoms. The first-order valence-electron chi connectivity index (χ1n) is 5.55. The van der Waals surface area contributed by atoms with Crippen LogP contribution in [0.15, 0.2) is 59.2 Å². The number of hydrogen-bond acceptors (Lipinski definition) is 2. The number of rotatable bonds is 2. The lowest BCUT2D eigenvalue weighted by Crippen LogP contribution is -1.95. The van der Waals surface area contributed by atoms with Crippen molar-refractivity contribution < 1.29 is 14.3 Å². The van der Waals surface area contributed by atoms with Crippen molar-refractivity contribution in [3.63, 3.8) is 0 Å². The fourth-order valence-corrected chi connectivity index (χ4v) is 2.07. The lowest BCUT2D eigenvalue weighted by atomic mass is 10.00. The van der Waals surface area contributed by atoms with E-state index in [1.807, 2.05) is 30.3 Å². The van der Waals surface area contributed by atoms with Crippen LogP contribution in [0.25, 0.3) is 22.1 Å². The minimum absolute atomic E-state index is 0.285. The van der Waals surface area contributed by atoms with Crippen LogP contribution in [0.5, 0.6) is 0 Å². The second-order valence-corrected chi connectivity index (χ2v) is 4.02. The van der Waals surface area contributed by atoms with E-state index >= 15 is 0 Å². The van der Waals surface area contributed by atoms with E-state index in [1.54, 1.807) is 24.5 Å². The summed E-state index contributed by atoms with van der Waals surface area (Å²) in [7, 11) is 0. The third-order valence-corrected chi connectivity index (χ3v) is 2.92. The highest BCUT2D eigenvalue weighted by molar-refractivity contribution is 5.96. The van der Waals surface area contributed by atoms with Crippen LogP contribution in [0.3, 0.4) is 0 Å². The predicted molar refractivity (Wildman–Crippen MR) is 68.6 cm³/mol. The predicted octanol–water partition coefficient (Wildman–Crippen LogP) is 3.80. The highest BCUT2D eigenvalue weighted by Crippen LogP contribution is 2.29. The first kappa shape index (κ1) is 10.6. The van der Waals surface area contributed by atoms with Gasteiger partial charge in [-0.1, -0.05) is 24.3 Å². The molecule has 0 saturated heterocycles. The second kappa shape index (κ2) is 4.04. The van der Waals surface area contributed by atoms with Crippen molar-refractivity contribution in [2.45, 2.75) is 0 Å². The lowest BCUT2D eigenvalue weighted by molar-refractivity contribution is 0.0697. The molecule has 0 unspecified atom stereocenters. The molecular weight excluding hydrogens is 228 g/mol. The van der Waals surface area contributed by atoms with Crippen molar-refractivity contribution >= 4 is 16.9 Å². The zero-order chi connectivity index (χ0) is 12.5. The molecule has 0 bridgehead atoms. The topological polar surface area (TPSA) is 50.4 Å². The molecule has 3 rings (SSSR count). The minimum atomic E-state index is -0.920. The molecular formula is C15H10O3. The van der Waals surface area contributed by atoms with Gasteiger partial charge >= 0.3 is 5.97 Å². The van der Waals surface area contributed by atoms with Crippen molar-refractivity contribution in [2.24, 2.45) is 0 Å². The number of carboxylic acid groups (broad SMARTS) is 1. The molecule has 88 valence electrons. The number of furan rings is 1. The summed E-state index contributed by atoms with van der Waals surface area (Å²) in [5, 5.41) is 10.00. The fraction of sp³-hybridized carbons (Fsp3) is 0. The third-order valence-electron chi connectivity index (χ3n) is 2.92. The average Bonchev–Trinajstić information content (AvgIpc) is 2.87. The Bertz CT molecular complexity index is 725. The summed E-state index contributed by atoms with van der Waals surface area (Å²) in [5.74, 6) is -0.920. The summed E-state index contributed by atoms with van der Waals surface area (Å²) in [4.78, 5) is 11.0. The van der Waals surface area contributed by atoms with E-state index in [-0.39, 0.29) is 5.56 Å². The molecule has 3 nitrogen and oxygen atoms in total. The number of aromatic carboxylic acids is 1. The van der Waals surface area contributed by atoms with Crippen LogP contribution in [0.2, 0.25) is 0 Å². The Morgan fingerprint density at radius 2 is 1.89 bits per heavy atom. The van der Waals surface area contributed by atoms with Crippen molar-refractivity contribution in [1.29, 1.82) is 0 Å². The van der Waals surface area contributed by atoms with Crippen LogP contribution < -0.4 is 0 Å². The molecule has 3 aromatic rings. The van der Waals surface area contributed by atoms with Crippen LogP contribution in [0.4, 0.5) is 0 Å². The summed E-state index contributed by atoms with van der Waals surface area (Å²) in [6, 6.07) is 14.5. The molecule has 0 spiro atoms. The quantitative estimate of drug-likeness (QED) is 0.738. The number of carboxylic acids is 1. The summed E-state index contributed by atoms with van der Waals surface area (Å²) >= 11 is 0. The number of hydrogen-bond donors (Lipinski definition) is 1. The Hall–Kier alpha value is -2.55. The van der Waals surface area contributed by atoms with Crippen LogP contribution in [-0.4, -0.2) is 11.1 Å². The van der Waals surface area contributed by atoms with Gasteiger partial charge in [-0.05, 0) is 35.4 Å². The maximum absolute atomic E-state index is 11.0. The molecule has 0 aliphatic carbocycles. The van der Waals surface area contributed by atoms with Gasteiger partial charge in [0.05, 0.1) is 11.8 Å². The molecule has 1 aromatic heterocycles. The molecule has 0 saturated carbocycles. The summed E-state index contributed by atoms with van der Waals surface area (Å²) in [6.07, 6.45) is 1.63. The first-order chi connectivity index (χ1) is 8.75. The second-order valence-electron chi connectivity index (χ2n) is 4.02. The summed E-state index contributed by atoms with van der Waals surface area (Å²) < 4.78 is 5.34. The highest BCUT2D eigenvalue weighted by Gasteiger charge is 2.08. The van der Waals surface area contributed by atoms with Gasteiger partial charge in [-0.15, -0.1) is 0 Å². The van der Waals surface area contributed by atoms with E-state index in [1.165, 1.54) is 0 Å². The molecule has 0 aliphatic heterocycles. The van der Waals surface area contributed by atoms with Crippen LogP contribution in [-0.2, 0) is 0 Å². The van der Waals surface area contributed by atoms with Crippen molar-refractivity contribution in [2.75, 3.05) is 0 Å². The molecule has 0 radical (unpaired) electrons. The molecule has 2 aromatic carbocycles. The number of benzene rings is 2. The minimum Gasteiger partial charge on any atom is -0.478 e. The largest absolute Gasteiger partial charge is 0.478 e. The van der Waals surface area contributed by atoms with E-state index in [9.17, 15) is 4.79 Å². The van der Waals surface area contributed by atoms with Gasteiger partial charge < -0.3 is 9.52 Å². The summed E-state index contributed by atoms with van der Waals surface area (Å²) in [5.41, 5.74) is 2.94. The van der Waals surface area contributed by atoms with E-state index in [4.69, 9.17) is 9.52 Å². The molecule has 0 amide bonds. The molecule has 0 atom stereocenters. The fourth-order valence-electron chi connectivity index (χ4n) is 2.07. The van der Waals surface area contributed by atoms with E-state index in [2.05, 4.69) is 0 Å². The molecule has 0 fully saturated rings. The Balaban J connectivity index is 2.23. The van der Waals surface area contributed by atoms with Crippen molar-refractivity contribution in [3.05, 3.63) is 60.4 Å². The SMILES string of the molecule is O=C(O)c1cccc(-c2cccc3occc23)c1. The Morgan fingerprint density at radius 3 is 2.72 bits per heavy atom. The third kappa shape index (κ3) is 1.66. The zero-order valence-electron chi connectivity index (χ0n) is 9.46. The maximum atomic E-state index is 11.0. The van der Waals surface area contributed by atoms with E-state index in [0.717, 1.165) is 22.1 Å². The van der Waals surface area contributed by atoms with Gasteiger partial charge in [0.15, 0.2) is 0 Å². The normalized spacial score (nSPS) is 10.7.